The average molecular weight is 339 g/mol. The van der Waals surface area contributed by atoms with Crippen molar-refractivity contribution in [2.75, 3.05) is 5.32 Å². The second-order valence-electron chi connectivity index (χ2n) is 6.15. The summed E-state index contributed by atoms with van der Waals surface area (Å²) < 4.78 is 5.17. The highest BCUT2D eigenvalue weighted by Gasteiger charge is 2.17. The van der Waals surface area contributed by atoms with Gasteiger partial charge in [0.1, 0.15) is 11.9 Å². The van der Waals surface area contributed by atoms with Crippen LogP contribution >= 0.6 is 0 Å². The number of hydrogen-bond donors (Lipinski definition) is 3. The zero-order valence-corrected chi connectivity index (χ0v) is 14.2. The maximum Gasteiger partial charge on any atom is 0.319 e. The van der Waals surface area contributed by atoms with Crippen molar-refractivity contribution < 1.29 is 14.3 Å². The Balaban J connectivity index is 1.64. The third-order valence-electron chi connectivity index (χ3n) is 3.92. The molecule has 0 radical (unpaired) electrons. The topological polar surface area (TPSA) is 87.4 Å². The summed E-state index contributed by atoms with van der Waals surface area (Å²) in [5.74, 6) is 0.489. The SMILES string of the molecule is Cc1cc(NC(=O)NC(C)CC(O)c2ccco2)c2ncccc2c1. The number of fused-ring (bicyclic) bond motifs is 1. The van der Waals surface area contributed by atoms with Gasteiger partial charge in [0.15, 0.2) is 0 Å². The Bertz CT molecular complexity index is 861. The van der Waals surface area contributed by atoms with Gasteiger partial charge in [-0.2, -0.15) is 0 Å². The summed E-state index contributed by atoms with van der Waals surface area (Å²) in [6, 6.07) is 10.6. The molecule has 130 valence electrons. The van der Waals surface area contributed by atoms with E-state index in [9.17, 15) is 9.90 Å². The maximum atomic E-state index is 12.3. The van der Waals surface area contributed by atoms with Crippen LogP contribution in [-0.4, -0.2) is 22.2 Å². The van der Waals surface area contributed by atoms with E-state index in [-0.39, 0.29) is 12.1 Å². The summed E-state index contributed by atoms with van der Waals surface area (Å²) in [6.45, 7) is 3.80. The molecule has 2 aromatic heterocycles. The van der Waals surface area contributed by atoms with Crippen LogP contribution in [0.5, 0.6) is 0 Å². The van der Waals surface area contributed by atoms with Gasteiger partial charge in [0.25, 0.3) is 0 Å². The predicted molar refractivity (Wildman–Crippen MR) is 96.4 cm³/mol. The highest BCUT2D eigenvalue weighted by Crippen LogP contribution is 2.23. The number of amides is 2. The van der Waals surface area contributed by atoms with Crippen LogP contribution < -0.4 is 10.6 Å². The number of aromatic nitrogens is 1. The smallest absolute Gasteiger partial charge is 0.319 e. The molecule has 25 heavy (non-hydrogen) atoms. The summed E-state index contributed by atoms with van der Waals surface area (Å²) in [5, 5.41) is 16.7. The van der Waals surface area contributed by atoms with Gasteiger partial charge in [-0.3, -0.25) is 4.98 Å². The maximum absolute atomic E-state index is 12.3. The number of aliphatic hydroxyl groups excluding tert-OH is 1. The van der Waals surface area contributed by atoms with Crippen molar-refractivity contribution in [2.45, 2.75) is 32.4 Å². The largest absolute Gasteiger partial charge is 0.467 e. The highest BCUT2D eigenvalue weighted by molar-refractivity contribution is 6.00. The number of carbonyl (C=O) groups is 1. The van der Waals surface area contributed by atoms with Crippen LogP contribution in [-0.2, 0) is 0 Å². The van der Waals surface area contributed by atoms with Crippen molar-refractivity contribution in [1.82, 2.24) is 10.3 Å². The molecule has 0 aliphatic heterocycles. The van der Waals surface area contributed by atoms with Gasteiger partial charge in [0, 0.05) is 24.0 Å². The van der Waals surface area contributed by atoms with Gasteiger partial charge in [0.2, 0.25) is 0 Å². The lowest BCUT2D eigenvalue weighted by Crippen LogP contribution is -2.37. The van der Waals surface area contributed by atoms with Gasteiger partial charge in [-0.05, 0) is 49.7 Å². The van der Waals surface area contributed by atoms with Gasteiger partial charge in [0.05, 0.1) is 17.5 Å². The number of nitrogens with one attached hydrogen (secondary N) is 2. The Morgan fingerprint density at radius 2 is 2.16 bits per heavy atom. The molecule has 3 rings (SSSR count). The lowest BCUT2D eigenvalue weighted by Gasteiger charge is -2.17. The Morgan fingerprint density at radius 1 is 1.32 bits per heavy atom. The fraction of sp³-hybridized carbons (Fsp3) is 0.263. The minimum absolute atomic E-state index is 0.232. The quantitative estimate of drug-likeness (QED) is 0.660. The van der Waals surface area contributed by atoms with Crippen molar-refractivity contribution >= 4 is 22.6 Å². The zero-order valence-electron chi connectivity index (χ0n) is 14.2. The predicted octanol–water partition coefficient (Wildman–Crippen LogP) is 3.77. The third kappa shape index (κ3) is 4.16. The molecule has 1 aromatic carbocycles. The van der Waals surface area contributed by atoms with Crippen LogP contribution in [0.1, 0.15) is 30.8 Å². The number of furan rings is 1. The molecule has 0 spiro atoms. The minimum atomic E-state index is -0.758. The molecule has 6 nitrogen and oxygen atoms in total. The van der Waals surface area contributed by atoms with E-state index in [4.69, 9.17) is 4.42 Å². The number of urea groups is 1. The van der Waals surface area contributed by atoms with E-state index >= 15 is 0 Å². The fourth-order valence-corrected chi connectivity index (χ4v) is 2.81. The molecule has 0 aliphatic rings. The molecule has 0 aliphatic carbocycles. The van der Waals surface area contributed by atoms with Gasteiger partial charge >= 0.3 is 6.03 Å². The van der Waals surface area contributed by atoms with Crippen LogP contribution in [0.25, 0.3) is 10.9 Å². The molecule has 3 aromatic rings. The normalized spacial score (nSPS) is 13.4. The molecular formula is C19H21N3O3. The van der Waals surface area contributed by atoms with E-state index in [0.717, 1.165) is 16.5 Å². The monoisotopic (exact) mass is 339 g/mol. The first kappa shape index (κ1) is 17.0. The molecule has 3 N–H and O–H groups in total. The van der Waals surface area contributed by atoms with Crippen LogP contribution in [0.2, 0.25) is 0 Å². The summed E-state index contributed by atoms with van der Waals surface area (Å²) in [7, 11) is 0. The molecule has 6 heteroatoms. The first-order valence-electron chi connectivity index (χ1n) is 8.17. The number of aliphatic hydroxyl groups is 1. The molecule has 2 unspecified atom stereocenters. The number of nitrogens with zero attached hydrogens (tertiary/aromatic N) is 1. The lowest BCUT2D eigenvalue weighted by atomic mass is 10.1. The molecule has 2 heterocycles. The van der Waals surface area contributed by atoms with Crippen LogP contribution in [0.4, 0.5) is 10.5 Å². The van der Waals surface area contributed by atoms with E-state index in [0.29, 0.717) is 17.9 Å². The Morgan fingerprint density at radius 3 is 2.92 bits per heavy atom. The first-order chi connectivity index (χ1) is 12.0. The highest BCUT2D eigenvalue weighted by atomic mass is 16.4. The molecule has 0 bridgehead atoms. The summed E-state index contributed by atoms with van der Waals surface area (Å²) >= 11 is 0. The number of pyridine rings is 1. The van der Waals surface area contributed by atoms with E-state index in [1.54, 1.807) is 18.3 Å². The first-order valence-corrected chi connectivity index (χ1v) is 8.17. The van der Waals surface area contributed by atoms with Crippen molar-refractivity contribution in [3.05, 3.63) is 60.2 Å². The molecule has 0 saturated carbocycles. The average Bonchev–Trinajstić information content (AvgIpc) is 3.09. The molecule has 0 fully saturated rings. The van der Waals surface area contributed by atoms with Gasteiger partial charge < -0.3 is 20.2 Å². The van der Waals surface area contributed by atoms with Crippen molar-refractivity contribution in [1.29, 1.82) is 0 Å². The zero-order chi connectivity index (χ0) is 17.8. The fourth-order valence-electron chi connectivity index (χ4n) is 2.81. The van der Waals surface area contributed by atoms with Crippen LogP contribution in [0.3, 0.4) is 0 Å². The Hall–Kier alpha value is -2.86. The number of rotatable bonds is 5. The summed E-state index contributed by atoms with van der Waals surface area (Å²) in [4.78, 5) is 16.6. The van der Waals surface area contributed by atoms with E-state index < -0.39 is 6.10 Å². The summed E-state index contributed by atoms with van der Waals surface area (Å²) in [5.41, 5.74) is 2.44. The standard InChI is InChI=1S/C19H21N3O3/c1-12-9-14-5-3-7-20-18(14)15(10-12)22-19(24)21-13(2)11-16(23)17-6-4-8-25-17/h3-10,13,16,23H,11H2,1-2H3,(H2,21,22,24). The van der Waals surface area contributed by atoms with E-state index in [1.807, 2.05) is 38.1 Å². The molecule has 0 saturated heterocycles. The van der Waals surface area contributed by atoms with Crippen LogP contribution in [0, 0.1) is 6.92 Å². The second kappa shape index (κ2) is 7.36. The number of anilines is 1. The van der Waals surface area contributed by atoms with Crippen molar-refractivity contribution in [3.63, 3.8) is 0 Å². The lowest BCUT2D eigenvalue weighted by molar-refractivity contribution is 0.130. The van der Waals surface area contributed by atoms with Gasteiger partial charge in [-0.15, -0.1) is 0 Å². The minimum Gasteiger partial charge on any atom is -0.467 e. The molecular weight excluding hydrogens is 318 g/mol. The van der Waals surface area contributed by atoms with Gasteiger partial charge in [-0.1, -0.05) is 6.07 Å². The number of aryl methyl sites for hydroxylation is 1. The summed E-state index contributed by atoms with van der Waals surface area (Å²) in [6.07, 6.45) is 2.81. The van der Waals surface area contributed by atoms with E-state index in [1.165, 1.54) is 6.26 Å². The van der Waals surface area contributed by atoms with E-state index in [2.05, 4.69) is 15.6 Å². The Labute approximate surface area is 145 Å². The van der Waals surface area contributed by atoms with Crippen LogP contribution in [0.15, 0.2) is 53.3 Å². The second-order valence-corrected chi connectivity index (χ2v) is 6.15. The molecule has 2 atom stereocenters. The number of hydrogen-bond acceptors (Lipinski definition) is 4. The third-order valence-corrected chi connectivity index (χ3v) is 3.92. The Kier molecular flexibility index (Phi) is 5.00. The van der Waals surface area contributed by atoms with Crippen molar-refractivity contribution in [2.24, 2.45) is 0 Å². The van der Waals surface area contributed by atoms with Gasteiger partial charge in [-0.25, -0.2) is 4.79 Å². The number of carbonyl (C=O) groups excluding carboxylic acids is 1. The molecule has 2 amide bonds. The number of benzene rings is 1. The van der Waals surface area contributed by atoms with Crippen molar-refractivity contribution in [3.8, 4) is 0 Å².